The summed E-state index contributed by atoms with van der Waals surface area (Å²) in [5.74, 6) is 0.565. The van der Waals surface area contributed by atoms with E-state index in [0.29, 0.717) is 16.6 Å². The second-order valence-electron chi connectivity index (χ2n) is 3.49. The fourth-order valence-electron chi connectivity index (χ4n) is 1.36. The Bertz CT molecular complexity index is 511. The molecule has 6 heteroatoms. The number of rotatable bonds is 3. The second kappa shape index (κ2) is 4.92. The van der Waals surface area contributed by atoms with Gasteiger partial charge >= 0.3 is 0 Å². The molecule has 0 saturated carbocycles. The van der Waals surface area contributed by atoms with Gasteiger partial charge in [-0.05, 0) is 12.1 Å². The smallest absolute Gasteiger partial charge is 0.233 e. The topological polar surface area (TPSA) is 72.1 Å². The quantitative estimate of drug-likeness (QED) is 0.889. The van der Waals surface area contributed by atoms with Gasteiger partial charge in [-0.1, -0.05) is 6.07 Å². The highest BCUT2D eigenvalue weighted by Gasteiger charge is 2.13. The minimum Gasteiger partial charge on any atom is -0.375 e. The highest BCUT2D eigenvalue weighted by molar-refractivity contribution is 7.13. The average Bonchev–Trinajstić information content (AvgIpc) is 2.75. The molecule has 2 N–H and O–H groups in total. The Morgan fingerprint density at radius 1 is 1.53 bits per heavy atom. The van der Waals surface area contributed by atoms with Crippen molar-refractivity contribution < 1.29 is 4.79 Å². The van der Waals surface area contributed by atoms with Crippen LogP contribution in [-0.4, -0.2) is 22.9 Å². The van der Waals surface area contributed by atoms with Gasteiger partial charge in [0.25, 0.3) is 0 Å². The molecule has 88 valence electrons. The zero-order chi connectivity index (χ0) is 12.3. The zero-order valence-electron chi connectivity index (χ0n) is 9.33. The lowest BCUT2D eigenvalue weighted by molar-refractivity contribution is -0.117. The van der Waals surface area contributed by atoms with E-state index in [1.54, 1.807) is 24.7 Å². The number of pyridine rings is 1. The number of hydrogen-bond acceptors (Lipinski definition) is 5. The molecule has 2 rings (SSSR count). The Morgan fingerprint density at radius 3 is 2.94 bits per heavy atom. The van der Waals surface area contributed by atoms with Gasteiger partial charge in [0.1, 0.15) is 5.82 Å². The molecule has 0 unspecified atom stereocenters. The van der Waals surface area contributed by atoms with Crippen LogP contribution in [0.3, 0.4) is 0 Å². The van der Waals surface area contributed by atoms with Gasteiger partial charge in [-0.25, -0.2) is 9.97 Å². The van der Waals surface area contributed by atoms with Gasteiger partial charge in [0.2, 0.25) is 5.91 Å². The van der Waals surface area contributed by atoms with Crippen LogP contribution < -0.4 is 10.6 Å². The lowest BCUT2D eigenvalue weighted by atomic mass is 10.3. The number of amides is 1. The van der Waals surface area contributed by atoms with E-state index in [2.05, 4.69) is 9.97 Å². The highest BCUT2D eigenvalue weighted by Crippen LogP contribution is 2.14. The van der Waals surface area contributed by atoms with Crippen LogP contribution >= 0.6 is 11.3 Å². The van der Waals surface area contributed by atoms with Crippen molar-refractivity contribution in [3.05, 3.63) is 35.5 Å². The number of nitrogen functional groups attached to an aromatic ring is 1. The van der Waals surface area contributed by atoms with E-state index in [4.69, 9.17) is 5.73 Å². The Balaban J connectivity index is 2.06. The van der Waals surface area contributed by atoms with Gasteiger partial charge in [0.05, 0.1) is 12.1 Å². The first-order valence-corrected chi connectivity index (χ1v) is 5.92. The third-order valence-electron chi connectivity index (χ3n) is 2.27. The average molecular weight is 248 g/mol. The number of carbonyl (C=O) groups is 1. The van der Waals surface area contributed by atoms with Crippen LogP contribution in [-0.2, 0) is 11.2 Å². The number of nitrogens with zero attached hydrogens (tertiary/aromatic N) is 3. The molecule has 2 aromatic rings. The van der Waals surface area contributed by atoms with Crippen LogP contribution in [0.1, 0.15) is 5.69 Å². The highest BCUT2D eigenvalue weighted by atomic mass is 32.1. The number of aromatic nitrogens is 2. The third-order valence-corrected chi connectivity index (χ3v) is 2.99. The van der Waals surface area contributed by atoms with Gasteiger partial charge in [0.15, 0.2) is 5.13 Å². The summed E-state index contributed by atoms with van der Waals surface area (Å²) in [5.41, 5.74) is 6.21. The van der Waals surface area contributed by atoms with Gasteiger partial charge < -0.3 is 5.73 Å². The Hall–Kier alpha value is -1.95. The summed E-state index contributed by atoms with van der Waals surface area (Å²) in [6.45, 7) is 0. The lowest BCUT2D eigenvalue weighted by Crippen LogP contribution is -2.28. The van der Waals surface area contributed by atoms with E-state index in [1.807, 2.05) is 12.1 Å². The van der Waals surface area contributed by atoms with Crippen molar-refractivity contribution in [1.82, 2.24) is 9.97 Å². The first-order valence-electron chi connectivity index (χ1n) is 5.04. The summed E-state index contributed by atoms with van der Waals surface area (Å²) in [6, 6.07) is 5.43. The third kappa shape index (κ3) is 2.79. The lowest BCUT2D eigenvalue weighted by Gasteiger charge is -2.15. The molecule has 0 spiro atoms. The van der Waals surface area contributed by atoms with E-state index in [0.717, 1.165) is 0 Å². The number of hydrogen-bond donors (Lipinski definition) is 1. The molecule has 1 amide bonds. The molecule has 0 fully saturated rings. The Labute approximate surface area is 103 Å². The molecule has 0 aromatic carbocycles. The summed E-state index contributed by atoms with van der Waals surface area (Å²) in [7, 11) is 1.69. The molecule has 0 aliphatic rings. The molecule has 2 aromatic heterocycles. The monoisotopic (exact) mass is 248 g/mol. The summed E-state index contributed by atoms with van der Waals surface area (Å²) in [4.78, 5) is 21.6. The summed E-state index contributed by atoms with van der Waals surface area (Å²) in [6.07, 6.45) is 1.89. The first-order chi connectivity index (χ1) is 8.16. The van der Waals surface area contributed by atoms with Crippen molar-refractivity contribution in [2.75, 3.05) is 17.7 Å². The van der Waals surface area contributed by atoms with E-state index in [1.165, 1.54) is 16.2 Å². The van der Waals surface area contributed by atoms with Crippen molar-refractivity contribution in [2.45, 2.75) is 6.42 Å². The normalized spacial score (nSPS) is 10.2. The minimum absolute atomic E-state index is 0.0611. The standard InChI is InChI=1S/C11H12N4OS/c1-15(9-4-2-3-5-13-9)10(16)6-8-7-17-11(12)14-8/h2-5,7H,6H2,1H3,(H2,12,14). The Kier molecular flexibility index (Phi) is 3.34. The van der Waals surface area contributed by atoms with Crippen LogP contribution in [0.25, 0.3) is 0 Å². The fourth-order valence-corrected chi connectivity index (χ4v) is 1.92. The van der Waals surface area contributed by atoms with Crippen LogP contribution in [0.4, 0.5) is 10.9 Å². The molecular weight excluding hydrogens is 236 g/mol. The number of nitrogens with two attached hydrogens (primary N) is 1. The summed E-state index contributed by atoms with van der Waals surface area (Å²) >= 11 is 1.33. The van der Waals surface area contributed by atoms with Crippen molar-refractivity contribution >= 4 is 28.2 Å². The van der Waals surface area contributed by atoms with Crippen molar-refractivity contribution in [3.63, 3.8) is 0 Å². The maximum atomic E-state index is 11.9. The van der Waals surface area contributed by atoms with Crippen molar-refractivity contribution in [2.24, 2.45) is 0 Å². The number of anilines is 2. The molecule has 0 atom stereocenters. The van der Waals surface area contributed by atoms with Gasteiger partial charge in [-0.2, -0.15) is 0 Å². The van der Waals surface area contributed by atoms with E-state index >= 15 is 0 Å². The Morgan fingerprint density at radius 2 is 2.35 bits per heavy atom. The number of carbonyl (C=O) groups excluding carboxylic acids is 1. The molecule has 2 heterocycles. The predicted octanol–water partition coefficient (Wildman–Crippen LogP) is 1.33. The maximum Gasteiger partial charge on any atom is 0.233 e. The van der Waals surface area contributed by atoms with Crippen LogP contribution in [0, 0.1) is 0 Å². The molecule has 0 aliphatic heterocycles. The second-order valence-corrected chi connectivity index (χ2v) is 4.38. The van der Waals surface area contributed by atoms with E-state index in [9.17, 15) is 4.79 Å². The number of thiazole rings is 1. The van der Waals surface area contributed by atoms with E-state index in [-0.39, 0.29) is 12.3 Å². The van der Waals surface area contributed by atoms with Crippen molar-refractivity contribution in [3.8, 4) is 0 Å². The van der Waals surface area contributed by atoms with Crippen LogP contribution in [0.5, 0.6) is 0 Å². The predicted molar refractivity (Wildman–Crippen MR) is 67.9 cm³/mol. The molecular formula is C11H12N4OS. The fraction of sp³-hybridized carbons (Fsp3) is 0.182. The molecule has 0 saturated heterocycles. The molecule has 5 nitrogen and oxygen atoms in total. The molecule has 0 bridgehead atoms. The number of likely N-dealkylation sites (N-methyl/N-ethyl adjacent to an activating group) is 1. The SMILES string of the molecule is CN(C(=O)Cc1csc(N)n1)c1ccccn1. The minimum atomic E-state index is -0.0611. The summed E-state index contributed by atoms with van der Waals surface area (Å²) in [5, 5.41) is 2.27. The largest absolute Gasteiger partial charge is 0.375 e. The van der Waals surface area contributed by atoms with Crippen LogP contribution in [0.2, 0.25) is 0 Å². The maximum absolute atomic E-state index is 11.9. The summed E-state index contributed by atoms with van der Waals surface area (Å²) < 4.78 is 0. The van der Waals surface area contributed by atoms with Gasteiger partial charge in [-0.3, -0.25) is 9.69 Å². The first kappa shape index (κ1) is 11.5. The molecule has 17 heavy (non-hydrogen) atoms. The molecule has 0 radical (unpaired) electrons. The zero-order valence-corrected chi connectivity index (χ0v) is 10.1. The van der Waals surface area contributed by atoms with Gasteiger partial charge in [-0.15, -0.1) is 11.3 Å². The van der Waals surface area contributed by atoms with Crippen LogP contribution in [0.15, 0.2) is 29.8 Å². The van der Waals surface area contributed by atoms with Crippen molar-refractivity contribution in [1.29, 1.82) is 0 Å². The molecule has 0 aliphatic carbocycles. The van der Waals surface area contributed by atoms with E-state index < -0.39 is 0 Å². The van der Waals surface area contributed by atoms with Gasteiger partial charge in [0, 0.05) is 18.6 Å².